The molecule has 0 fully saturated rings. The number of nitrogens with two attached hydrogens (primary N) is 1. The van der Waals surface area contributed by atoms with Crippen molar-refractivity contribution in [1.29, 1.82) is 0 Å². The van der Waals surface area contributed by atoms with Crippen LogP contribution in [0.25, 0.3) is 0 Å². The van der Waals surface area contributed by atoms with Gasteiger partial charge in [0.1, 0.15) is 0 Å². The van der Waals surface area contributed by atoms with Crippen molar-refractivity contribution in [3.05, 3.63) is 47.3 Å². The van der Waals surface area contributed by atoms with Crippen molar-refractivity contribution in [2.75, 3.05) is 13.2 Å². The van der Waals surface area contributed by atoms with Gasteiger partial charge >= 0.3 is 0 Å². The van der Waals surface area contributed by atoms with E-state index in [-0.39, 0.29) is 12.6 Å². The molecule has 1 unspecified atom stereocenters. The Kier molecular flexibility index (Phi) is 5.96. The van der Waals surface area contributed by atoms with Crippen LogP contribution in [-0.2, 0) is 6.42 Å². The van der Waals surface area contributed by atoms with Crippen LogP contribution < -0.4 is 11.1 Å². The van der Waals surface area contributed by atoms with Crippen molar-refractivity contribution in [2.45, 2.75) is 32.2 Å². The molecule has 0 saturated carbocycles. The van der Waals surface area contributed by atoms with Gasteiger partial charge < -0.3 is 16.2 Å². The molecule has 4 nitrogen and oxygen atoms in total. The molecule has 1 heterocycles. The molecule has 0 saturated heterocycles. The predicted octanol–water partition coefficient (Wildman–Crippen LogP) is 2.15. The largest absolute Gasteiger partial charge is 0.396 e. The van der Waals surface area contributed by atoms with Gasteiger partial charge in [-0.1, -0.05) is 24.3 Å². The molecule has 2 atom stereocenters. The zero-order chi connectivity index (χ0) is 15.1. The van der Waals surface area contributed by atoms with Crippen molar-refractivity contribution in [1.82, 2.24) is 5.32 Å². The van der Waals surface area contributed by atoms with E-state index in [1.54, 1.807) is 0 Å². The minimum Gasteiger partial charge on any atom is -0.396 e. The van der Waals surface area contributed by atoms with E-state index in [4.69, 9.17) is 10.8 Å². The maximum atomic E-state index is 8.81. The first-order chi connectivity index (χ1) is 10.2. The molecule has 4 N–H and O–H groups in total. The Balaban J connectivity index is 1.86. The fourth-order valence-electron chi connectivity index (χ4n) is 2.47. The van der Waals surface area contributed by atoms with Crippen molar-refractivity contribution >= 4 is 6.21 Å². The summed E-state index contributed by atoms with van der Waals surface area (Å²) < 4.78 is 0. The van der Waals surface area contributed by atoms with Crippen LogP contribution in [0.3, 0.4) is 0 Å². The first-order valence-corrected chi connectivity index (χ1v) is 7.60. The summed E-state index contributed by atoms with van der Waals surface area (Å²) in [5, 5.41) is 12.1. The van der Waals surface area contributed by atoms with Gasteiger partial charge in [-0.2, -0.15) is 0 Å². The highest BCUT2D eigenvalue weighted by atomic mass is 16.3. The summed E-state index contributed by atoms with van der Waals surface area (Å²) in [4.78, 5) is 4.33. The van der Waals surface area contributed by atoms with Gasteiger partial charge in [-0.3, -0.25) is 4.99 Å². The lowest BCUT2D eigenvalue weighted by Crippen LogP contribution is -2.21. The van der Waals surface area contributed by atoms with E-state index in [2.05, 4.69) is 34.6 Å². The van der Waals surface area contributed by atoms with E-state index in [1.807, 2.05) is 19.3 Å². The third-order valence-electron chi connectivity index (χ3n) is 3.70. The second kappa shape index (κ2) is 7.96. The van der Waals surface area contributed by atoms with E-state index in [0.717, 1.165) is 31.5 Å². The lowest BCUT2D eigenvalue weighted by Gasteiger charge is -2.19. The number of aliphatic hydroxyl groups is 1. The van der Waals surface area contributed by atoms with Crippen LogP contribution in [0.15, 0.2) is 41.2 Å². The van der Waals surface area contributed by atoms with Gasteiger partial charge in [0.05, 0.1) is 0 Å². The average Bonchev–Trinajstić information content (AvgIpc) is 2.48. The first kappa shape index (κ1) is 15.7. The van der Waals surface area contributed by atoms with Gasteiger partial charge in [0, 0.05) is 43.2 Å². The minimum atomic E-state index is 0.0838. The number of allylic oxidation sites excluding steroid dienone is 1. The fourth-order valence-corrected chi connectivity index (χ4v) is 2.47. The molecule has 0 radical (unpaired) electrons. The fraction of sp³-hybridized carbons (Fsp3) is 0.471. The molecule has 0 aliphatic carbocycles. The molecular formula is C17H25N3O. The smallest absolute Gasteiger partial charge is 0.0453 e. The number of nitrogens with zero attached hydrogens (tertiary/aromatic N) is 1. The lowest BCUT2D eigenvalue weighted by molar-refractivity contribution is 0.287. The summed E-state index contributed by atoms with van der Waals surface area (Å²) in [7, 11) is 0. The number of hydrogen-bond donors (Lipinski definition) is 3. The molecule has 0 aromatic heterocycles. The second-order valence-electron chi connectivity index (χ2n) is 5.66. The molecule has 0 bridgehead atoms. The molecule has 21 heavy (non-hydrogen) atoms. The van der Waals surface area contributed by atoms with E-state index in [1.165, 1.54) is 11.1 Å². The zero-order valence-electron chi connectivity index (χ0n) is 12.6. The number of aliphatic imine (C=N–C) groups is 1. The van der Waals surface area contributed by atoms with Crippen LogP contribution >= 0.6 is 0 Å². The van der Waals surface area contributed by atoms with Crippen LogP contribution in [0.4, 0.5) is 0 Å². The topological polar surface area (TPSA) is 70.6 Å². The lowest BCUT2D eigenvalue weighted by atomic mass is 9.93. The highest BCUT2D eigenvalue weighted by Crippen LogP contribution is 2.19. The number of aliphatic hydroxyl groups excluding tert-OH is 1. The SMILES string of the molecule is C[C@@H](N)c1ccc(CC2C=NC=C(NCCCO)C2)cc1. The molecular weight excluding hydrogens is 262 g/mol. The van der Waals surface area contributed by atoms with Crippen LogP contribution in [-0.4, -0.2) is 24.5 Å². The Hall–Kier alpha value is -1.65. The Morgan fingerprint density at radius 2 is 2.14 bits per heavy atom. The number of benzene rings is 1. The highest BCUT2D eigenvalue weighted by molar-refractivity contribution is 5.64. The number of hydrogen-bond acceptors (Lipinski definition) is 4. The van der Waals surface area contributed by atoms with Crippen molar-refractivity contribution in [3.63, 3.8) is 0 Å². The maximum Gasteiger partial charge on any atom is 0.0453 e. The number of nitrogens with one attached hydrogen (secondary N) is 1. The predicted molar refractivity (Wildman–Crippen MR) is 87.1 cm³/mol. The summed E-state index contributed by atoms with van der Waals surface area (Å²) >= 11 is 0. The van der Waals surface area contributed by atoms with Gasteiger partial charge in [0.15, 0.2) is 0 Å². The molecule has 0 spiro atoms. The van der Waals surface area contributed by atoms with E-state index in [0.29, 0.717) is 5.92 Å². The Labute approximate surface area is 126 Å². The standard InChI is InChI=1S/C17H25N3O/c1-13(18)16-5-3-14(4-6-16)9-15-10-17(12-19-11-15)20-7-2-8-21/h3-6,11-13,15,20-21H,2,7-10,18H2,1H3/t13-,15?/m1/s1. The Morgan fingerprint density at radius 3 is 2.81 bits per heavy atom. The molecule has 1 aromatic rings. The summed E-state index contributed by atoms with van der Waals surface area (Å²) in [6, 6.07) is 8.61. The van der Waals surface area contributed by atoms with Crippen LogP contribution in [0, 0.1) is 5.92 Å². The Bertz CT molecular complexity index is 491. The monoisotopic (exact) mass is 287 g/mol. The van der Waals surface area contributed by atoms with Crippen molar-refractivity contribution in [2.24, 2.45) is 16.6 Å². The first-order valence-electron chi connectivity index (χ1n) is 7.60. The second-order valence-corrected chi connectivity index (χ2v) is 5.66. The third kappa shape index (κ3) is 4.99. The summed E-state index contributed by atoms with van der Waals surface area (Å²) in [6.45, 7) is 3.02. The van der Waals surface area contributed by atoms with Crippen molar-refractivity contribution < 1.29 is 5.11 Å². The summed E-state index contributed by atoms with van der Waals surface area (Å²) in [5.41, 5.74) is 9.51. The van der Waals surface area contributed by atoms with E-state index < -0.39 is 0 Å². The van der Waals surface area contributed by atoms with E-state index in [9.17, 15) is 0 Å². The van der Waals surface area contributed by atoms with Gasteiger partial charge in [0.25, 0.3) is 0 Å². The maximum absolute atomic E-state index is 8.81. The summed E-state index contributed by atoms with van der Waals surface area (Å²) in [5.74, 6) is 0.424. The number of rotatable bonds is 7. The van der Waals surface area contributed by atoms with Crippen molar-refractivity contribution in [3.8, 4) is 0 Å². The Morgan fingerprint density at radius 1 is 1.38 bits per heavy atom. The van der Waals surface area contributed by atoms with Crippen LogP contribution in [0.1, 0.15) is 36.9 Å². The molecule has 2 rings (SSSR count). The normalized spacial score (nSPS) is 19.2. The van der Waals surface area contributed by atoms with Gasteiger partial charge in [-0.05, 0) is 37.3 Å². The van der Waals surface area contributed by atoms with Gasteiger partial charge in [-0.25, -0.2) is 0 Å². The third-order valence-corrected chi connectivity index (χ3v) is 3.70. The molecule has 1 aliphatic heterocycles. The molecule has 1 aromatic carbocycles. The molecule has 4 heteroatoms. The molecule has 1 aliphatic rings. The summed E-state index contributed by atoms with van der Waals surface area (Å²) in [6.07, 6.45) is 6.64. The zero-order valence-corrected chi connectivity index (χ0v) is 12.6. The molecule has 0 amide bonds. The van der Waals surface area contributed by atoms with Crippen LogP contribution in [0.5, 0.6) is 0 Å². The van der Waals surface area contributed by atoms with Gasteiger partial charge in [0.2, 0.25) is 0 Å². The highest BCUT2D eigenvalue weighted by Gasteiger charge is 2.13. The van der Waals surface area contributed by atoms with Gasteiger partial charge in [-0.15, -0.1) is 0 Å². The van der Waals surface area contributed by atoms with E-state index >= 15 is 0 Å². The minimum absolute atomic E-state index is 0.0838. The molecule has 114 valence electrons. The van der Waals surface area contributed by atoms with Crippen LogP contribution in [0.2, 0.25) is 0 Å². The average molecular weight is 287 g/mol. The quantitative estimate of drug-likeness (QED) is 0.673.